The van der Waals surface area contributed by atoms with Gasteiger partial charge in [-0.25, -0.2) is 0 Å². The lowest BCUT2D eigenvalue weighted by Crippen LogP contribution is -2.49. The second-order valence-corrected chi connectivity index (χ2v) is 9.31. The molecular weight excluding hydrogens is 459 g/mol. The number of rotatable bonds is 6. The second kappa shape index (κ2) is 9.53. The molecule has 0 spiro atoms. The highest BCUT2D eigenvalue weighted by Gasteiger charge is 2.47. The Bertz CT molecular complexity index is 1120. The predicted molar refractivity (Wildman–Crippen MR) is 125 cm³/mol. The van der Waals surface area contributed by atoms with Gasteiger partial charge in [-0.2, -0.15) is 13.2 Å². The number of nitrogens with zero attached hydrogens (tertiary/aromatic N) is 2. The van der Waals surface area contributed by atoms with Crippen molar-refractivity contribution in [3.8, 4) is 5.75 Å². The van der Waals surface area contributed by atoms with E-state index >= 15 is 0 Å². The van der Waals surface area contributed by atoms with Crippen molar-refractivity contribution in [3.05, 3.63) is 64.2 Å². The molecule has 2 aliphatic rings. The largest absolute Gasteiger partial charge is 0.483 e. The summed E-state index contributed by atoms with van der Waals surface area (Å²) < 4.78 is 44.2. The molecule has 3 atom stereocenters. The molecule has 2 heterocycles. The molecule has 2 aromatic rings. The number of carbonyl (C=O) groups is 2. The summed E-state index contributed by atoms with van der Waals surface area (Å²) in [5, 5.41) is 2.54. The van der Waals surface area contributed by atoms with Crippen LogP contribution in [0.25, 0.3) is 0 Å². The third-order valence-corrected chi connectivity index (χ3v) is 7.37. The number of fused-ring (bicyclic) bond motifs is 2. The Morgan fingerprint density at radius 3 is 2.31 bits per heavy atom. The topological polar surface area (TPSA) is 61.9 Å². The number of amides is 2. The van der Waals surface area contributed by atoms with Gasteiger partial charge in [-0.1, -0.05) is 6.07 Å². The minimum atomic E-state index is -4.42. The van der Waals surface area contributed by atoms with Gasteiger partial charge in [-0.3, -0.25) is 14.5 Å². The van der Waals surface area contributed by atoms with Crippen molar-refractivity contribution in [1.29, 1.82) is 0 Å². The molecule has 0 aromatic heterocycles. The van der Waals surface area contributed by atoms with Crippen LogP contribution in [0, 0.1) is 13.8 Å². The van der Waals surface area contributed by atoms with Gasteiger partial charge >= 0.3 is 6.18 Å². The molecule has 0 radical (unpaired) electrons. The maximum absolute atomic E-state index is 13.0. The van der Waals surface area contributed by atoms with Crippen molar-refractivity contribution < 1.29 is 27.5 Å². The average Bonchev–Trinajstić information content (AvgIpc) is 3.45. The number of hydrogen-bond donors (Lipinski definition) is 1. The fraction of sp³-hybridized carbons (Fsp3) is 0.462. The first-order valence-corrected chi connectivity index (χ1v) is 11.7. The maximum atomic E-state index is 13.0. The van der Waals surface area contributed by atoms with E-state index in [0.29, 0.717) is 18.8 Å². The van der Waals surface area contributed by atoms with Gasteiger partial charge in [0, 0.05) is 43.8 Å². The van der Waals surface area contributed by atoms with Gasteiger partial charge < -0.3 is 15.0 Å². The van der Waals surface area contributed by atoms with Gasteiger partial charge in [0.25, 0.3) is 11.8 Å². The standard InChI is InChI=1S/C26H30F3N3O3/c1-15-16(2)23(35-14-24(33)30-4)10-9-22(15)17(3)31-12-21-11-20(31)13-32(21)25(34)18-5-7-19(8-6-18)26(27,28)29/h5-10,17,20-21H,11-14H2,1-4H3,(H,30,33)/t17-,20-,21-/m0/s1. The maximum Gasteiger partial charge on any atom is 0.416 e. The summed E-state index contributed by atoms with van der Waals surface area (Å²) in [7, 11) is 1.57. The molecule has 0 saturated carbocycles. The van der Waals surface area contributed by atoms with Crippen LogP contribution in [0.15, 0.2) is 36.4 Å². The fourth-order valence-corrected chi connectivity index (χ4v) is 5.21. The first-order chi connectivity index (χ1) is 16.5. The van der Waals surface area contributed by atoms with Crippen LogP contribution in [0.2, 0.25) is 0 Å². The first-order valence-electron chi connectivity index (χ1n) is 11.7. The fourth-order valence-electron chi connectivity index (χ4n) is 5.21. The number of carbonyl (C=O) groups excluding carboxylic acids is 2. The molecule has 0 unspecified atom stereocenters. The number of alkyl halides is 3. The summed E-state index contributed by atoms with van der Waals surface area (Å²) >= 11 is 0. The number of likely N-dealkylation sites (tertiary alicyclic amines) is 2. The van der Waals surface area contributed by atoms with Crippen LogP contribution in [0.4, 0.5) is 13.2 Å². The number of benzene rings is 2. The van der Waals surface area contributed by atoms with Gasteiger partial charge in [0.1, 0.15) is 5.75 Å². The van der Waals surface area contributed by atoms with Crippen molar-refractivity contribution in [2.45, 2.75) is 51.5 Å². The zero-order valence-corrected chi connectivity index (χ0v) is 20.3. The van der Waals surface area contributed by atoms with Gasteiger partial charge in [-0.15, -0.1) is 0 Å². The van der Waals surface area contributed by atoms with Gasteiger partial charge in [0.05, 0.1) is 5.56 Å². The number of halogens is 3. The Morgan fingerprint density at radius 1 is 1.06 bits per heavy atom. The third kappa shape index (κ3) is 4.87. The smallest absolute Gasteiger partial charge is 0.416 e. The molecular formula is C26H30F3N3O3. The van der Waals surface area contributed by atoms with E-state index in [1.807, 2.05) is 26.0 Å². The zero-order chi connectivity index (χ0) is 25.5. The van der Waals surface area contributed by atoms with Gasteiger partial charge in [0.15, 0.2) is 6.61 Å². The van der Waals surface area contributed by atoms with Crippen LogP contribution >= 0.6 is 0 Å². The molecule has 6 nitrogen and oxygen atoms in total. The Hall–Kier alpha value is -3.07. The van der Waals surface area contributed by atoms with E-state index < -0.39 is 11.7 Å². The van der Waals surface area contributed by atoms with E-state index in [9.17, 15) is 22.8 Å². The lowest BCUT2D eigenvalue weighted by atomic mass is 9.96. The number of hydrogen-bond acceptors (Lipinski definition) is 4. The van der Waals surface area contributed by atoms with Crippen molar-refractivity contribution in [2.75, 3.05) is 26.7 Å². The highest BCUT2D eigenvalue weighted by Crippen LogP contribution is 2.39. The number of nitrogens with one attached hydrogen (secondary N) is 1. The summed E-state index contributed by atoms with van der Waals surface area (Å²) in [5.74, 6) is 0.268. The lowest BCUT2D eigenvalue weighted by Gasteiger charge is -2.38. The Morgan fingerprint density at radius 2 is 1.74 bits per heavy atom. The summed E-state index contributed by atoms with van der Waals surface area (Å²) in [5.41, 5.74) is 2.79. The van der Waals surface area contributed by atoms with E-state index in [0.717, 1.165) is 29.7 Å². The third-order valence-electron chi connectivity index (χ3n) is 7.37. The average molecular weight is 490 g/mol. The number of piperazine rings is 1. The van der Waals surface area contributed by atoms with E-state index in [-0.39, 0.29) is 42.1 Å². The van der Waals surface area contributed by atoms with Crippen LogP contribution in [0.3, 0.4) is 0 Å². The van der Waals surface area contributed by atoms with Gasteiger partial charge in [-0.05, 0) is 74.2 Å². The molecule has 2 aliphatic heterocycles. The van der Waals surface area contributed by atoms with Crippen molar-refractivity contribution in [1.82, 2.24) is 15.1 Å². The minimum absolute atomic E-state index is 0.0359. The van der Waals surface area contributed by atoms with E-state index in [1.165, 1.54) is 17.7 Å². The summed E-state index contributed by atoms with van der Waals surface area (Å²) in [6.45, 7) is 7.40. The molecule has 0 aliphatic carbocycles. The Kier molecular flexibility index (Phi) is 6.81. The van der Waals surface area contributed by atoms with Crippen molar-refractivity contribution in [2.24, 2.45) is 0 Å². The van der Waals surface area contributed by atoms with Crippen LogP contribution in [0.5, 0.6) is 5.75 Å². The molecule has 35 heavy (non-hydrogen) atoms. The summed E-state index contributed by atoms with van der Waals surface area (Å²) in [6, 6.07) is 8.72. The molecule has 2 aromatic carbocycles. The molecule has 2 saturated heterocycles. The molecule has 1 N–H and O–H groups in total. The number of likely N-dealkylation sites (N-methyl/N-ethyl adjacent to an activating group) is 1. The predicted octanol–water partition coefficient (Wildman–Crippen LogP) is 4.11. The molecule has 188 valence electrons. The highest BCUT2D eigenvalue weighted by atomic mass is 19.4. The highest BCUT2D eigenvalue weighted by molar-refractivity contribution is 5.94. The van der Waals surface area contributed by atoms with E-state index in [4.69, 9.17) is 4.74 Å². The molecule has 2 bridgehead atoms. The number of ether oxygens (including phenoxy) is 1. The second-order valence-electron chi connectivity index (χ2n) is 9.31. The lowest BCUT2D eigenvalue weighted by molar-refractivity contribution is -0.137. The minimum Gasteiger partial charge on any atom is -0.483 e. The molecule has 2 amide bonds. The summed E-state index contributed by atoms with van der Waals surface area (Å²) in [4.78, 5) is 28.7. The quantitative estimate of drug-likeness (QED) is 0.664. The van der Waals surface area contributed by atoms with Crippen LogP contribution in [0.1, 0.15) is 52.0 Å². The van der Waals surface area contributed by atoms with Crippen LogP contribution in [-0.4, -0.2) is 60.4 Å². The molecule has 2 fully saturated rings. The SMILES string of the molecule is CNC(=O)COc1ccc([C@H](C)N2C[C@@H]3C[C@H]2CN3C(=O)c2ccc(C(F)(F)F)cc2)c(C)c1C. The molecule has 4 rings (SSSR count). The Balaban J connectivity index is 1.42. The van der Waals surface area contributed by atoms with Crippen LogP contribution < -0.4 is 10.1 Å². The van der Waals surface area contributed by atoms with Crippen molar-refractivity contribution >= 4 is 11.8 Å². The van der Waals surface area contributed by atoms with Crippen molar-refractivity contribution in [3.63, 3.8) is 0 Å². The monoisotopic (exact) mass is 489 g/mol. The first kappa shape index (κ1) is 25.0. The summed E-state index contributed by atoms with van der Waals surface area (Å²) in [6.07, 6.45) is -3.57. The van der Waals surface area contributed by atoms with E-state index in [1.54, 1.807) is 11.9 Å². The van der Waals surface area contributed by atoms with Crippen LogP contribution in [-0.2, 0) is 11.0 Å². The Labute approximate surface area is 203 Å². The normalized spacial score (nSPS) is 20.7. The zero-order valence-electron chi connectivity index (χ0n) is 20.3. The van der Waals surface area contributed by atoms with Gasteiger partial charge in [0.2, 0.25) is 0 Å². The van der Waals surface area contributed by atoms with E-state index in [2.05, 4.69) is 17.1 Å². The molecule has 9 heteroatoms.